The monoisotopic (exact) mass is 307 g/mol. The molecule has 2 heterocycles. The van der Waals surface area contributed by atoms with E-state index < -0.39 is 0 Å². The van der Waals surface area contributed by atoms with Crippen LogP contribution in [0.15, 0.2) is 6.33 Å². The fourth-order valence-corrected chi connectivity index (χ4v) is 2.92. The number of hydrogen-bond donors (Lipinski definition) is 1. The van der Waals surface area contributed by atoms with Crippen molar-refractivity contribution in [2.75, 3.05) is 13.1 Å². The Labute approximate surface area is 133 Å². The van der Waals surface area contributed by atoms with Gasteiger partial charge in [0, 0.05) is 19.6 Å². The van der Waals surface area contributed by atoms with Crippen molar-refractivity contribution in [1.29, 1.82) is 0 Å². The zero-order chi connectivity index (χ0) is 16.1. The van der Waals surface area contributed by atoms with Crippen LogP contribution in [0.5, 0.6) is 0 Å². The molecule has 124 valence electrons. The van der Waals surface area contributed by atoms with E-state index in [0.717, 1.165) is 38.3 Å². The summed E-state index contributed by atoms with van der Waals surface area (Å²) in [7, 11) is 0. The second kappa shape index (κ2) is 7.72. The number of aromatic nitrogens is 3. The number of amides is 1. The maximum atomic E-state index is 12.4. The molecule has 0 saturated carbocycles. The van der Waals surface area contributed by atoms with Crippen molar-refractivity contribution >= 4 is 5.91 Å². The molecule has 1 aromatic rings. The molecule has 0 aliphatic carbocycles. The highest BCUT2D eigenvalue weighted by Crippen LogP contribution is 2.17. The Balaban J connectivity index is 2.13. The molecule has 1 saturated heterocycles. The first-order valence-corrected chi connectivity index (χ1v) is 8.35. The second-order valence-corrected chi connectivity index (χ2v) is 7.01. The molecule has 1 aliphatic rings. The lowest BCUT2D eigenvalue weighted by atomic mass is 10.0. The minimum absolute atomic E-state index is 0.0632. The van der Waals surface area contributed by atoms with Crippen molar-refractivity contribution in [3.05, 3.63) is 12.2 Å². The van der Waals surface area contributed by atoms with Crippen LogP contribution in [-0.2, 0) is 17.9 Å². The van der Waals surface area contributed by atoms with E-state index >= 15 is 0 Å². The highest BCUT2D eigenvalue weighted by atomic mass is 16.2. The Kier molecular flexibility index (Phi) is 5.94. The van der Waals surface area contributed by atoms with Crippen LogP contribution in [0.1, 0.15) is 46.4 Å². The summed E-state index contributed by atoms with van der Waals surface area (Å²) >= 11 is 0. The fraction of sp³-hybridized carbons (Fsp3) is 0.812. The van der Waals surface area contributed by atoms with Crippen molar-refractivity contribution < 1.29 is 4.79 Å². The average molecular weight is 307 g/mol. The van der Waals surface area contributed by atoms with Crippen LogP contribution in [0.25, 0.3) is 0 Å². The maximum Gasteiger partial charge on any atom is 0.237 e. The molecule has 1 amide bonds. The molecule has 6 heteroatoms. The Hall–Kier alpha value is -1.43. The largest absolute Gasteiger partial charge is 0.355 e. The first-order valence-electron chi connectivity index (χ1n) is 8.35. The van der Waals surface area contributed by atoms with Crippen molar-refractivity contribution in [1.82, 2.24) is 25.0 Å². The minimum atomic E-state index is -0.0632. The standard InChI is InChI=1S/C16H29N5O/c1-12(2)8-14-16(22)17-6-5-7-20(14)10-15-18-11-19-21(15)9-13(3)4/h11-14H,5-10H2,1-4H3,(H,17,22). The zero-order valence-electron chi connectivity index (χ0n) is 14.2. The van der Waals surface area contributed by atoms with E-state index in [2.05, 4.69) is 48.0 Å². The lowest BCUT2D eigenvalue weighted by Crippen LogP contribution is -2.45. The number of nitrogens with zero attached hydrogens (tertiary/aromatic N) is 4. The lowest BCUT2D eigenvalue weighted by molar-refractivity contribution is -0.126. The van der Waals surface area contributed by atoms with Gasteiger partial charge in [0.25, 0.3) is 0 Å². The molecule has 1 unspecified atom stereocenters. The predicted octanol–water partition coefficient (Wildman–Crippen LogP) is 1.67. The molecular formula is C16H29N5O. The fourth-order valence-electron chi connectivity index (χ4n) is 2.92. The average Bonchev–Trinajstić information content (AvgIpc) is 2.78. The molecule has 1 aromatic heterocycles. The zero-order valence-corrected chi connectivity index (χ0v) is 14.2. The summed E-state index contributed by atoms with van der Waals surface area (Å²) < 4.78 is 1.97. The van der Waals surface area contributed by atoms with Gasteiger partial charge in [-0.15, -0.1) is 0 Å². The van der Waals surface area contributed by atoms with E-state index in [4.69, 9.17) is 0 Å². The third kappa shape index (κ3) is 4.53. The summed E-state index contributed by atoms with van der Waals surface area (Å²) in [6.45, 7) is 11.9. The molecule has 2 rings (SSSR count). The molecule has 0 radical (unpaired) electrons. The highest BCUT2D eigenvalue weighted by Gasteiger charge is 2.29. The Bertz CT molecular complexity index is 483. The molecule has 22 heavy (non-hydrogen) atoms. The van der Waals surface area contributed by atoms with Crippen LogP contribution in [0.4, 0.5) is 0 Å². The van der Waals surface area contributed by atoms with Crippen molar-refractivity contribution in [2.45, 2.75) is 59.7 Å². The van der Waals surface area contributed by atoms with Gasteiger partial charge in [0.1, 0.15) is 12.2 Å². The highest BCUT2D eigenvalue weighted by molar-refractivity contribution is 5.81. The molecule has 1 aliphatic heterocycles. The van der Waals surface area contributed by atoms with Gasteiger partial charge in [-0.25, -0.2) is 9.67 Å². The lowest BCUT2D eigenvalue weighted by Gasteiger charge is -2.29. The van der Waals surface area contributed by atoms with Gasteiger partial charge >= 0.3 is 0 Å². The minimum Gasteiger partial charge on any atom is -0.355 e. The smallest absolute Gasteiger partial charge is 0.237 e. The van der Waals surface area contributed by atoms with Gasteiger partial charge in [-0.05, 0) is 24.7 Å². The van der Waals surface area contributed by atoms with Gasteiger partial charge in [0.2, 0.25) is 5.91 Å². The summed E-state index contributed by atoms with van der Waals surface area (Å²) in [5.41, 5.74) is 0. The molecule has 1 fully saturated rings. The second-order valence-electron chi connectivity index (χ2n) is 7.01. The van der Waals surface area contributed by atoms with E-state index in [1.807, 2.05) is 4.68 Å². The van der Waals surface area contributed by atoms with Crippen LogP contribution in [0.3, 0.4) is 0 Å². The molecule has 0 spiro atoms. The van der Waals surface area contributed by atoms with Gasteiger partial charge in [0.15, 0.2) is 0 Å². The molecular weight excluding hydrogens is 278 g/mol. The van der Waals surface area contributed by atoms with Gasteiger partial charge in [-0.3, -0.25) is 9.69 Å². The van der Waals surface area contributed by atoms with Gasteiger partial charge in [-0.1, -0.05) is 27.7 Å². The Morgan fingerprint density at radius 3 is 2.77 bits per heavy atom. The first kappa shape index (κ1) is 16.9. The summed E-state index contributed by atoms with van der Waals surface area (Å²) in [6, 6.07) is -0.0632. The number of hydrogen-bond acceptors (Lipinski definition) is 4. The molecule has 1 atom stereocenters. The van der Waals surface area contributed by atoms with E-state index in [9.17, 15) is 4.79 Å². The first-order chi connectivity index (χ1) is 10.5. The third-order valence-electron chi connectivity index (χ3n) is 3.94. The molecule has 6 nitrogen and oxygen atoms in total. The normalized spacial score (nSPS) is 20.5. The summed E-state index contributed by atoms with van der Waals surface area (Å²) in [4.78, 5) is 19.0. The van der Waals surface area contributed by atoms with Crippen molar-refractivity contribution in [3.8, 4) is 0 Å². The van der Waals surface area contributed by atoms with Crippen LogP contribution >= 0.6 is 0 Å². The Morgan fingerprint density at radius 1 is 1.32 bits per heavy atom. The van der Waals surface area contributed by atoms with Gasteiger partial charge < -0.3 is 5.32 Å². The van der Waals surface area contributed by atoms with Gasteiger partial charge in [0.05, 0.1) is 12.6 Å². The van der Waals surface area contributed by atoms with Crippen molar-refractivity contribution in [2.24, 2.45) is 11.8 Å². The van der Waals surface area contributed by atoms with E-state index in [0.29, 0.717) is 18.4 Å². The summed E-state index contributed by atoms with van der Waals surface area (Å²) in [5, 5.41) is 7.36. The van der Waals surface area contributed by atoms with Gasteiger partial charge in [-0.2, -0.15) is 5.10 Å². The predicted molar refractivity (Wildman–Crippen MR) is 86.1 cm³/mol. The van der Waals surface area contributed by atoms with E-state index in [-0.39, 0.29) is 11.9 Å². The summed E-state index contributed by atoms with van der Waals surface area (Å²) in [6.07, 6.45) is 3.48. The topological polar surface area (TPSA) is 63.1 Å². The van der Waals surface area contributed by atoms with E-state index in [1.54, 1.807) is 6.33 Å². The van der Waals surface area contributed by atoms with Crippen LogP contribution < -0.4 is 5.32 Å². The molecule has 1 N–H and O–H groups in total. The number of nitrogens with one attached hydrogen (secondary N) is 1. The molecule has 0 aromatic carbocycles. The van der Waals surface area contributed by atoms with Crippen LogP contribution in [0, 0.1) is 11.8 Å². The third-order valence-corrected chi connectivity index (χ3v) is 3.94. The van der Waals surface area contributed by atoms with Crippen LogP contribution in [-0.4, -0.2) is 44.7 Å². The number of carbonyl (C=O) groups excluding carboxylic acids is 1. The van der Waals surface area contributed by atoms with Crippen molar-refractivity contribution in [3.63, 3.8) is 0 Å². The summed E-state index contributed by atoms with van der Waals surface area (Å²) in [5.74, 6) is 2.13. The number of rotatable bonds is 6. The Morgan fingerprint density at radius 2 is 2.09 bits per heavy atom. The SMILES string of the molecule is CC(C)CC1C(=O)NCCCN1Cc1ncnn1CC(C)C. The number of carbonyl (C=O) groups is 1. The maximum absolute atomic E-state index is 12.4. The van der Waals surface area contributed by atoms with E-state index in [1.165, 1.54) is 0 Å². The van der Waals surface area contributed by atoms with Crippen LogP contribution in [0.2, 0.25) is 0 Å². The quantitative estimate of drug-likeness (QED) is 0.868. The molecule has 0 bridgehead atoms.